The van der Waals surface area contributed by atoms with Crippen LogP contribution in [0.3, 0.4) is 0 Å². The van der Waals surface area contributed by atoms with Crippen molar-refractivity contribution >= 4 is 49.3 Å². The smallest absolute Gasteiger partial charge is 0.451 e. The Kier molecular flexibility index (Phi) is 7.31. The molecule has 6 N–H and O–H groups in total. The number of carbonyl (C=O) groups excluding carboxylic acids is 1. The number of ether oxygens (including phenoxy) is 2. The maximum atomic E-state index is 12.7. The average molecular weight is 547 g/mol. The highest BCUT2D eigenvalue weighted by Crippen LogP contribution is 2.58. The first-order chi connectivity index (χ1) is 16.5. The van der Waals surface area contributed by atoms with E-state index in [0.29, 0.717) is 0 Å². The van der Waals surface area contributed by atoms with Crippen LogP contribution in [0.5, 0.6) is 0 Å². The number of aromatic nitrogens is 4. The molecule has 15 nitrogen and oxygen atoms in total. The number of rotatable bonds is 8. The van der Waals surface area contributed by atoms with Gasteiger partial charge in [0, 0.05) is 0 Å². The molecule has 0 bridgehead atoms. The highest BCUT2D eigenvalue weighted by molar-refractivity contribution is 8.08. The Balaban J connectivity index is 1.61. The van der Waals surface area contributed by atoms with Gasteiger partial charge < -0.3 is 35.0 Å². The molecule has 0 radical (unpaired) electrons. The summed E-state index contributed by atoms with van der Waals surface area (Å²) in [5.74, 6) is -0.701. The lowest BCUT2D eigenvalue weighted by atomic mass is 10.1. The lowest BCUT2D eigenvalue weighted by molar-refractivity contribution is -0.0557. The summed E-state index contributed by atoms with van der Waals surface area (Å²) in [6.45, 7) is -5.30. The molecular weight excluding hydrogens is 528 g/mol. The van der Waals surface area contributed by atoms with Crippen LogP contribution in [0.1, 0.15) is 16.6 Å². The van der Waals surface area contributed by atoms with Crippen LogP contribution in [0.15, 0.2) is 43.0 Å². The van der Waals surface area contributed by atoms with Crippen molar-refractivity contribution < 1.29 is 47.5 Å². The molecule has 3 heterocycles. The molecule has 5 atom stereocenters. The van der Waals surface area contributed by atoms with Gasteiger partial charge in [0.1, 0.15) is 24.1 Å². The van der Waals surface area contributed by atoms with Gasteiger partial charge in [-0.1, -0.05) is 18.2 Å². The lowest BCUT2D eigenvalue weighted by Gasteiger charge is -2.22. The number of imidazole rings is 1. The Morgan fingerprint density at radius 2 is 1.91 bits per heavy atom. The second-order valence-electron chi connectivity index (χ2n) is 7.21. The molecule has 1 unspecified atom stereocenters. The summed E-state index contributed by atoms with van der Waals surface area (Å²) in [6.07, 6.45) is -3.02. The quantitative estimate of drug-likeness (QED) is 0.188. The number of carbonyl (C=O) groups is 1. The summed E-state index contributed by atoms with van der Waals surface area (Å²) < 4.78 is 33.4. The number of aliphatic hydroxyl groups excluding tert-OH is 1. The molecule has 35 heavy (non-hydrogen) atoms. The van der Waals surface area contributed by atoms with Crippen LogP contribution < -0.4 is 5.73 Å². The Labute approximate surface area is 201 Å². The Bertz CT molecular complexity index is 1320. The summed E-state index contributed by atoms with van der Waals surface area (Å²) in [4.78, 5) is 52.7. The van der Waals surface area contributed by atoms with Gasteiger partial charge in [0.05, 0.1) is 18.5 Å². The maximum Gasteiger partial charge on any atom is 0.479 e. The molecule has 2 aromatic heterocycles. The summed E-state index contributed by atoms with van der Waals surface area (Å²) in [7, 11) is -5.02. The fourth-order valence-electron chi connectivity index (χ4n) is 3.35. The highest BCUT2D eigenvalue weighted by Gasteiger charge is 2.49. The molecule has 1 aromatic carbocycles. The van der Waals surface area contributed by atoms with E-state index in [9.17, 15) is 19.4 Å². The summed E-state index contributed by atoms with van der Waals surface area (Å²) in [5.41, 5.74) is 6.45. The van der Waals surface area contributed by atoms with Gasteiger partial charge in [-0.2, -0.15) is 0 Å². The van der Waals surface area contributed by atoms with E-state index in [-0.39, 0.29) is 22.5 Å². The first-order valence-electron chi connectivity index (χ1n) is 9.72. The molecule has 1 aliphatic heterocycles. The van der Waals surface area contributed by atoms with Crippen LogP contribution >= 0.6 is 14.5 Å². The van der Waals surface area contributed by atoms with Crippen LogP contribution in [0.25, 0.3) is 11.2 Å². The second kappa shape index (κ2) is 9.95. The lowest BCUT2D eigenvalue weighted by Crippen LogP contribution is -2.37. The zero-order chi connectivity index (χ0) is 25.4. The third-order valence-corrected chi connectivity index (χ3v) is 7.59. The molecule has 0 spiro atoms. The number of benzene rings is 1. The normalized spacial score (nSPS) is 24.3. The maximum absolute atomic E-state index is 12.7. The SMILES string of the molecule is Nc1ncnc2c1ncn2[C@@H]1O[C@H](COP(=O)(O)OP(O)(O)=S)[C@@H](O)[C@H]1OC(=O)c1ccccc1. The van der Waals surface area contributed by atoms with Gasteiger partial charge in [0.2, 0.25) is 0 Å². The number of esters is 1. The van der Waals surface area contributed by atoms with Crippen LogP contribution in [0.4, 0.5) is 5.82 Å². The third-order valence-electron chi connectivity index (χ3n) is 4.84. The molecule has 1 aliphatic rings. The van der Waals surface area contributed by atoms with E-state index in [1.807, 2.05) is 0 Å². The van der Waals surface area contributed by atoms with Crippen LogP contribution in [-0.2, 0) is 34.7 Å². The molecule has 0 amide bonds. The number of hydrogen-bond acceptors (Lipinski definition) is 12. The van der Waals surface area contributed by atoms with Crippen molar-refractivity contribution in [1.29, 1.82) is 0 Å². The van der Waals surface area contributed by atoms with E-state index < -0.39 is 51.7 Å². The van der Waals surface area contributed by atoms with Crippen molar-refractivity contribution in [3.8, 4) is 0 Å². The predicted molar refractivity (Wildman–Crippen MR) is 121 cm³/mol. The molecule has 188 valence electrons. The minimum atomic E-state index is -5.02. The highest BCUT2D eigenvalue weighted by atomic mass is 32.5. The number of nitrogen functional groups attached to an aromatic ring is 1. The standard InChI is InChI=1S/C17H19N5O10P2S/c18-14-11-15(20-7-19-14)22(8-21-11)16-13(31-17(24)9-4-2-1-3-5-9)12(23)10(30-16)6-29-33(25,26)32-34(27,28)35/h1-5,7-8,10,12-13,16,23H,6H2,(H,25,26)(H2,18,19,20)(H2,27,28,35)/t10-,12-,13-,16-/m1/s1. The van der Waals surface area contributed by atoms with Crippen molar-refractivity contribution in [3.63, 3.8) is 0 Å². The van der Waals surface area contributed by atoms with E-state index in [2.05, 4.69) is 31.1 Å². The number of aliphatic hydroxyl groups is 1. The molecule has 18 heteroatoms. The number of nitrogens with zero attached hydrogens (tertiary/aromatic N) is 4. The van der Waals surface area contributed by atoms with Gasteiger partial charge in [-0.25, -0.2) is 28.6 Å². The molecule has 0 aliphatic carbocycles. The largest absolute Gasteiger partial charge is 0.479 e. The van der Waals surface area contributed by atoms with E-state index in [4.69, 9.17) is 29.5 Å². The summed E-state index contributed by atoms with van der Waals surface area (Å²) in [6, 6.07) is 7.97. The van der Waals surface area contributed by atoms with E-state index in [0.717, 1.165) is 0 Å². The molecular formula is C17H19N5O10P2S. The van der Waals surface area contributed by atoms with Gasteiger partial charge in [0.15, 0.2) is 23.8 Å². The molecule has 1 saturated heterocycles. The first-order valence-corrected chi connectivity index (χ1v) is 13.8. The Hall–Kier alpha value is -2.36. The Morgan fingerprint density at radius 1 is 1.20 bits per heavy atom. The second-order valence-corrected chi connectivity index (χ2v) is 11.5. The number of nitrogens with two attached hydrogens (primary N) is 1. The number of fused-ring (bicyclic) bond motifs is 1. The number of hydrogen-bond donors (Lipinski definition) is 5. The zero-order valence-electron chi connectivity index (χ0n) is 17.5. The minimum absolute atomic E-state index is 0.0760. The van der Waals surface area contributed by atoms with Crippen molar-refractivity contribution in [2.24, 2.45) is 0 Å². The summed E-state index contributed by atoms with van der Waals surface area (Å²) in [5, 5.41) is 10.9. The molecule has 1 fully saturated rings. The van der Waals surface area contributed by atoms with Crippen molar-refractivity contribution in [1.82, 2.24) is 19.5 Å². The fraction of sp³-hybridized carbons (Fsp3) is 0.294. The van der Waals surface area contributed by atoms with E-state index in [1.165, 1.54) is 29.4 Å². The predicted octanol–water partition coefficient (Wildman–Crippen LogP) is 0.235. The van der Waals surface area contributed by atoms with Crippen LogP contribution in [0, 0.1) is 0 Å². The van der Waals surface area contributed by atoms with Crippen LogP contribution in [0.2, 0.25) is 0 Å². The van der Waals surface area contributed by atoms with Gasteiger partial charge in [0.25, 0.3) is 0 Å². The van der Waals surface area contributed by atoms with Gasteiger partial charge in [-0.3, -0.25) is 9.09 Å². The summed E-state index contributed by atoms with van der Waals surface area (Å²) >= 11 is 4.16. The first kappa shape index (κ1) is 25.7. The van der Waals surface area contributed by atoms with Gasteiger partial charge in [-0.05, 0) is 23.9 Å². The monoisotopic (exact) mass is 547 g/mol. The fourth-order valence-corrected chi connectivity index (χ4v) is 5.71. The van der Waals surface area contributed by atoms with Gasteiger partial charge >= 0.3 is 20.5 Å². The Morgan fingerprint density at radius 3 is 2.60 bits per heavy atom. The average Bonchev–Trinajstić information content (AvgIpc) is 3.34. The van der Waals surface area contributed by atoms with E-state index >= 15 is 0 Å². The molecule has 0 saturated carbocycles. The topological polar surface area (TPSA) is 222 Å². The van der Waals surface area contributed by atoms with Crippen LogP contribution in [-0.4, -0.2) is 70.2 Å². The third kappa shape index (κ3) is 5.90. The number of anilines is 1. The zero-order valence-corrected chi connectivity index (χ0v) is 20.1. The van der Waals surface area contributed by atoms with Gasteiger partial charge in [-0.15, -0.1) is 0 Å². The van der Waals surface area contributed by atoms with Crippen molar-refractivity contribution in [2.75, 3.05) is 12.3 Å². The number of phosphoric ester groups is 1. The van der Waals surface area contributed by atoms with Crippen molar-refractivity contribution in [3.05, 3.63) is 48.5 Å². The van der Waals surface area contributed by atoms with E-state index in [1.54, 1.807) is 18.2 Å². The number of phosphoric acid groups is 1. The van der Waals surface area contributed by atoms with Crippen molar-refractivity contribution in [2.45, 2.75) is 24.5 Å². The minimum Gasteiger partial charge on any atom is -0.451 e. The molecule has 3 aromatic rings. The molecule has 4 rings (SSSR count).